The van der Waals surface area contributed by atoms with Crippen LogP contribution in [0.3, 0.4) is 0 Å². The molecule has 3 rings (SSSR count). The molecule has 1 aliphatic rings. The molecule has 134 valence electrons. The third-order valence-corrected chi connectivity index (χ3v) is 7.10. The summed E-state index contributed by atoms with van der Waals surface area (Å²) in [5.74, 6) is -0.918. The zero-order chi connectivity index (χ0) is 18.7. The van der Waals surface area contributed by atoms with Crippen molar-refractivity contribution in [3.05, 3.63) is 70.7 Å². The molecule has 2 aromatic rings. The van der Waals surface area contributed by atoms with Gasteiger partial charge in [-0.1, -0.05) is 30.3 Å². The maximum Gasteiger partial charge on any atom is 0.294 e. The minimum Gasteiger partial charge on any atom is -0.282 e. The molecule has 1 aromatic carbocycles. The molecule has 0 atom stereocenters. The Balaban J connectivity index is 2.01. The van der Waals surface area contributed by atoms with Crippen molar-refractivity contribution in [2.75, 3.05) is 6.54 Å². The van der Waals surface area contributed by atoms with Gasteiger partial charge in [-0.25, -0.2) is 4.39 Å². The van der Waals surface area contributed by atoms with Gasteiger partial charge >= 0.3 is 0 Å². The zero-order valence-electron chi connectivity index (χ0n) is 13.3. The smallest absolute Gasteiger partial charge is 0.282 e. The van der Waals surface area contributed by atoms with Gasteiger partial charge < -0.3 is 0 Å². The van der Waals surface area contributed by atoms with E-state index in [-0.39, 0.29) is 26.4 Å². The van der Waals surface area contributed by atoms with Gasteiger partial charge in [-0.05, 0) is 35.4 Å². The number of hydrogen-bond donors (Lipinski definition) is 0. The molecule has 0 aliphatic carbocycles. The second kappa shape index (κ2) is 7.56. The van der Waals surface area contributed by atoms with E-state index in [9.17, 15) is 17.6 Å². The van der Waals surface area contributed by atoms with Gasteiger partial charge in [0.1, 0.15) is 10.0 Å². The fourth-order valence-corrected chi connectivity index (χ4v) is 5.31. The van der Waals surface area contributed by atoms with Gasteiger partial charge in [0.25, 0.3) is 15.9 Å². The van der Waals surface area contributed by atoms with Crippen LogP contribution in [-0.4, -0.2) is 30.9 Å². The number of hydrogen-bond acceptors (Lipinski definition) is 5. The van der Waals surface area contributed by atoms with Crippen LogP contribution in [0.15, 0.2) is 67.9 Å². The number of thiophene rings is 1. The Kier molecular flexibility index (Phi) is 5.40. The quantitative estimate of drug-likeness (QED) is 0.558. The van der Waals surface area contributed by atoms with E-state index in [2.05, 4.69) is 11.0 Å². The molecule has 0 spiro atoms. The van der Waals surface area contributed by atoms with Crippen LogP contribution in [-0.2, 0) is 14.8 Å². The summed E-state index contributed by atoms with van der Waals surface area (Å²) < 4.78 is 42.5. The van der Waals surface area contributed by atoms with Crippen LogP contribution in [0.1, 0.15) is 5.56 Å². The van der Waals surface area contributed by atoms with Crippen molar-refractivity contribution in [3.63, 3.8) is 0 Å². The number of nitrogens with zero attached hydrogens (tertiary/aromatic N) is 2. The molecule has 1 aliphatic heterocycles. The summed E-state index contributed by atoms with van der Waals surface area (Å²) >= 11 is 1.93. The highest BCUT2D eigenvalue weighted by Crippen LogP contribution is 2.34. The minimum atomic E-state index is -3.92. The summed E-state index contributed by atoms with van der Waals surface area (Å²) in [7, 11) is -3.92. The molecule has 9 heteroatoms. The van der Waals surface area contributed by atoms with E-state index in [4.69, 9.17) is 0 Å². The first-order valence-electron chi connectivity index (χ1n) is 7.37. The van der Waals surface area contributed by atoms with Gasteiger partial charge in [-0.15, -0.1) is 22.3 Å². The summed E-state index contributed by atoms with van der Waals surface area (Å²) in [4.78, 5) is 14.0. The summed E-state index contributed by atoms with van der Waals surface area (Å²) in [6, 6.07) is 9.07. The molecule has 0 unspecified atom stereocenters. The SMILES string of the molecule is C=CCN1C(=O)C(=Cc2ccccc2F)SC1=NS(=O)(=O)c1cccs1. The predicted molar refractivity (Wildman–Crippen MR) is 103 cm³/mol. The van der Waals surface area contributed by atoms with Crippen molar-refractivity contribution < 1.29 is 17.6 Å². The van der Waals surface area contributed by atoms with Gasteiger partial charge in [0.05, 0.1) is 4.91 Å². The summed E-state index contributed by atoms with van der Waals surface area (Å²) in [6.07, 6.45) is 2.86. The lowest BCUT2D eigenvalue weighted by atomic mass is 10.2. The van der Waals surface area contributed by atoms with Crippen molar-refractivity contribution in [3.8, 4) is 0 Å². The zero-order valence-corrected chi connectivity index (χ0v) is 15.8. The molecule has 1 fully saturated rings. The van der Waals surface area contributed by atoms with Gasteiger partial charge in [0.2, 0.25) is 0 Å². The monoisotopic (exact) mass is 408 g/mol. The van der Waals surface area contributed by atoms with Crippen LogP contribution in [0.2, 0.25) is 0 Å². The lowest BCUT2D eigenvalue weighted by Crippen LogP contribution is -2.29. The molecule has 26 heavy (non-hydrogen) atoms. The number of sulfonamides is 1. The first kappa shape index (κ1) is 18.6. The second-order valence-corrected chi connectivity index (χ2v) is 8.91. The Labute approximate surface area is 158 Å². The van der Waals surface area contributed by atoms with E-state index in [1.54, 1.807) is 23.6 Å². The van der Waals surface area contributed by atoms with Gasteiger partial charge in [-0.2, -0.15) is 8.42 Å². The molecule has 1 saturated heterocycles. The van der Waals surface area contributed by atoms with E-state index >= 15 is 0 Å². The maximum atomic E-state index is 13.8. The van der Waals surface area contributed by atoms with Crippen LogP contribution < -0.4 is 0 Å². The van der Waals surface area contributed by atoms with Crippen LogP contribution in [0, 0.1) is 5.82 Å². The van der Waals surface area contributed by atoms with Crippen LogP contribution in [0.25, 0.3) is 6.08 Å². The molecule has 1 aromatic heterocycles. The Morgan fingerprint density at radius 2 is 2.00 bits per heavy atom. The highest BCUT2D eigenvalue weighted by molar-refractivity contribution is 8.19. The Morgan fingerprint density at radius 1 is 1.23 bits per heavy atom. The van der Waals surface area contributed by atoms with E-state index in [0.29, 0.717) is 0 Å². The molecular formula is C17H13FN2O3S3. The normalized spacial score (nSPS) is 18.0. The van der Waals surface area contributed by atoms with Crippen molar-refractivity contribution in [2.45, 2.75) is 4.21 Å². The molecule has 2 heterocycles. The fourth-order valence-electron chi connectivity index (χ4n) is 2.16. The first-order chi connectivity index (χ1) is 12.4. The molecule has 5 nitrogen and oxygen atoms in total. The largest absolute Gasteiger partial charge is 0.294 e. The fraction of sp³-hybridized carbons (Fsp3) is 0.0588. The Hall–Kier alpha value is -2.23. The molecule has 1 amide bonds. The second-order valence-electron chi connectivity index (χ2n) is 5.12. The van der Waals surface area contributed by atoms with Crippen molar-refractivity contribution in [1.29, 1.82) is 0 Å². The highest BCUT2D eigenvalue weighted by atomic mass is 32.2. The van der Waals surface area contributed by atoms with Gasteiger partial charge in [0.15, 0.2) is 5.17 Å². The maximum absolute atomic E-state index is 13.8. The predicted octanol–water partition coefficient (Wildman–Crippen LogP) is 3.73. The molecular weight excluding hydrogens is 395 g/mol. The number of carbonyl (C=O) groups is 1. The average Bonchev–Trinajstić information content (AvgIpc) is 3.22. The van der Waals surface area contributed by atoms with Crippen molar-refractivity contribution in [1.82, 2.24) is 4.90 Å². The van der Waals surface area contributed by atoms with Crippen molar-refractivity contribution >= 4 is 50.3 Å². The number of benzene rings is 1. The van der Waals surface area contributed by atoms with Crippen LogP contribution in [0.4, 0.5) is 4.39 Å². The number of amides is 1. The molecule has 0 saturated carbocycles. The lowest BCUT2D eigenvalue weighted by molar-refractivity contribution is -0.121. The standard InChI is InChI=1S/C17H13FN2O3S3/c1-2-9-20-16(21)14(11-12-6-3-4-7-13(12)18)25-17(20)19-26(22,23)15-8-5-10-24-15/h2-8,10-11H,1,9H2. The molecule has 0 radical (unpaired) electrons. The molecule has 0 bridgehead atoms. The van der Waals surface area contributed by atoms with Crippen molar-refractivity contribution in [2.24, 2.45) is 4.40 Å². The molecule has 0 N–H and O–H groups in total. The number of halogens is 1. The number of amidine groups is 1. The number of rotatable bonds is 5. The number of thioether (sulfide) groups is 1. The third kappa shape index (κ3) is 3.79. The van der Waals surface area contributed by atoms with E-state index < -0.39 is 21.7 Å². The number of carbonyl (C=O) groups excluding carboxylic acids is 1. The summed E-state index contributed by atoms with van der Waals surface area (Å²) in [5.41, 5.74) is 0.240. The van der Waals surface area contributed by atoms with Gasteiger partial charge in [-0.3, -0.25) is 9.69 Å². The first-order valence-corrected chi connectivity index (χ1v) is 10.5. The van der Waals surface area contributed by atoms with E-state index in [1.807, 2.05) is 0 Å². The Bertz CT molecular complexity index is 1010. The average molecular weight is 409 g/mol. The Morgan fingerprint density at radius 3 is 2.65 bits per heavy atom. The summed E-state index contributed by atoms with van der Waals surface area (Å²) in [6.45, 7) is 3.67. The van der Waals surface area contributed by atoms with Gasteiger partial charge in [0, 0.05) is 12.1 Å². The van der Waals surface area contributed by atoms with E-state index in [0.717, 1.165) is 23.1 Å². The summed E-state index contributed by atoms with van der Waals surface area (Å²) in [5, 5.41) is 1.65. The lowest BCUT2D eigenvalue weighted by Gasteiger charge is -2.12. The topological polar surface area (TPSA) is 66.8 Å². The third-order valence-electron chi connectivity index (χ3n) is 3.34. The highest BCUT2D eigenvalue weighted by Gasteiger charge is 2.34. The van der Waals surface area contributed by atoms with Crippen LogP contribution in [0.5, 0.6) is 0 Å². The minimum absolute atomic E-state index is 0.0193. The van der Waals surface area contributed by atoms with E-state index in [1.165, 1.54) is 35.3 Å². The van der Waals surface area contributed by atoms with Crippen LogP contribution >= 0.6 is 23.1 Å².